The van der Waals surface area contributed by atoms with Crippen LogP contribution in [0.1, 0.15) is 51.5 Å². The van der Waals surface area contributed by atoms with Gasteiger partial charge in [-0.2, -0.15) is 5.26 Å². The molecule has 4 fully saturated rings. The monoisotopic (exact) mass is 430 g/mol. The molecule has 0 heterocycles. The number of aliphatic imine (C=N–C) groups is 1. The van der Waals surface area contributed by atoms with Crippen LogP contribution < -0.4 is 11.1 Å². The smallest absolute Gasteiger partial charge is 0.223 e. The molecule has 1 amide bonds. The summed E-state index contributed by atoms with van der Waals surface area (Å²) in [5.74, 6) is -0.730. The zero-order valence-corrected chi connectivity index (χ0v) is 17.8. The van der Waals surface area contributed by atoms with Crippen molar-refractivity contribution in [2.75, 3.05) is 0 Å². The Bertz CT molecular complexity index is 939. The van der Waals surface area contributed by atoms with Crippen molar-refractivity contribution in [3.05, 3.63) is 35.4 Å². The molecule has 4 aliphatic carbocycles. The van der Waals surface area contributed by atoms with Crippen LogP contribution in [0.4, 0.5) is 8.78 Å². The van der Waals surface area contributed by atoms with Gasteiger partial charge in [0.1, 0.15) is 11.4 Å². The van der Waals surface area contributed by atoms with E-state index in [4.69, 9.17) is 15.5 Å². The highest BCUT2D eigenvalue weighted by Crippen LogP contribution is 2.60. The Kier molecular flexibility index (Phi) is 5.50. The average Bonchev–Trinajstić information content (AvgIpc) is 2.70. The van der Waals surface area contributed by atoms with E-state index in [1.807, 2.05) is 6.19 Å². The van der Waals surface area contributed by atoms with E-state index >= 15 is 0 Å². The van der Waals surface area contributed by atoms with Gasteiger partial charge in [-0.15, -0.1) is 0 Å². The molecule has 2 atom stereocenters. The van der Waals surface area contributed by atoms with Crippen molar-refractivity contribution in [1.29, 1.82) is 5.26 Å². The van der Waals surface area contributed by atoms with Crippen LogP contribution in [0.25, 0.3) is 0 Å². The van der Waals surface area contributed by atoms with Crippen molar-refractivity contribution in [2.45, 2.75) is 64.2 Å². The van der Waals surface area contributed by atoms with Gasteiger partial charge in [0.15, 0.2) is 17.8 Å². The second-order valence-corrected chi connectivity index (χ2v) is 9.83. The molecule has 1 aromatic rings. The van der Waals surface area contributed by atoms with Crippen molar-refractivity contribution in [2.24, 2.45) is 33.9 Å². The van der Waals surface area contributed by atoms with Crippen molar-refractivity contribution in [3.63, 3.8) is 0 Å². The van der Waals surface area contributed by atoms with Crippen molar-refractivity contribution in [1.82, 2.24) is 5.32 Å². The van der Waals surface area contributed by atoms with E-state index in [0.717, 1.165) is 38.2 Å². The van der Waals surface area contributed by atoms with Gasteiger partial charge >= 0.3 is 0 Å². The Morgan fingerprint density at radius 3 is 2.61 bits per heavy atom. The molecule has 166 valence electrons. The molecule has 4 bridgehead atoms. The molecule has 4 aliphatic rings. The molecule has 0 saturated heterocycles. The molecule has 4 saturated carbocycles. The second kappa shape index (κ2) is 7.86. The molecule has 2 unspecified atom stereocenters. The van der Waals surface area contributed by atoms with Crippen molar-refractivity contribution >= 4 is 11.7 Å². The van der Waals surface area contributed by atoms with E-state index in [1.165, 1.54) is 12.1 Å². The summed E-state index contributed by atoms with van der Waals surface area (Å²) in [6.45, 7) is 3.33. The Hall–Kier alpha value is -2.53. The molecule has 0 aromatic heterocycles. The van der Waals surface area contributed by atoms with Gasteiger partial charge in [0.2, 0.25) is 5.91 Å². The van der Waals surface area contributed by atoms with Gasteiger partial charge in [-0.25, -0.2) is 8.78 Å². The molecular weight excluding hydrogens is 402 g/mol. The summed E-state index contributed by atoms with van der Waals surface area (Å²) in [6, 6.07) is 3.92. The number of nitrogens with one attached hydrogen (secondary N) is 1. The fraction of sp³-hybridized carbons (Fsp3) is 0.609. The number of hydrogen-bond donors (Lipinski definition) is 2. The number of nitriles is 1. The van der Waals surface area contributed by atoms with E-state index in [9.17, 15) is 18.8 Å². The number of rotatable bonds is 6. The Morgan fingerprint density at radius 2 is 2.00 bits per heavy atom. The number of halogens is 2. The van der Waals surface area contributed by atoms with Crippen LogP contribution in [0, 0.1) is 46.3 Å². The lowest BCUT2D eigenvalue weighted by Gasteiger charge is -2.57. The maximum Gasteiger partial charge on any atom is 0.223 e. The molecule has 6 nitrogen and oxygen atoms in total. The molecule has 0 aliphatic heterocycles. The normalized spacial score (nSPS) is 32.0. The van der Waals surface area contributed by atoms with E-state index < -0.39 is 22.7 Å². The number of nitrogens with zero attached hydrogens (tertiary/aromatic N) is 2. The summed E-state index contributed by atoms with van der Waals surface area (Å²) in [4.78, 5) is 17.1. The van der Waals surface area contributed by atoms with Crippen LogP contribution >= 0.6 is 0 Å². The predicted octanol–water partition coefficient (Wildman–Crippen LogP) is 3.41. The van der Waals surface area contributed by atoms with E-state index in [2.05, 4.69) is 5.32 Å². The number of ether oxygens (including phenoxy) is 1. The van der Waals surface area contributed by atoms with E-state index in [0.29, 0.717) is 11.8 Å². The third-order valence-corrected chi connectivity index (χ3v) is 7.39. The molecule has 1 aromatic carbocycles. The quantitative estimate of drug-likeness (QED) is 0.313. The van der Waals surface area contributed by atoms with Crippen molar-refractivity contribution < 1.29 is 18.3 Å². The number of nitrogens with two attached hydrogens (primary N) is 1. The maximum absolute atomic E-state index is 14.0. The predicted molar refractivity (Wildman–Crippen MR) is 110 cm³/mol. The zero-order chi connectivity index (χ0) is 22.4. The number of hydrogen-bond acceptors (Lipinski definition) is 4. The highest BCUT2D eigenvalue weighted by Gasteiger charge is 2.58. The lowest BCUT2D eigenvalue weighted by Crippen LogP contribution is -2.58. The number of amides is 1. The number of carbonyl (C=O) groups excluding carboxylic acids is 1. The standard InChI is InChI=1S/C23H28F2N4O2/c1-22(2,31-11-14-4-3-5-17(24)18(14)25)21(28-12-26)29-19-15-6-13-7-16(19)10-23(8-13,9-15)20(27)30/h3-5,13,15-16,19H,6-11H2,1-2H3,(H2,27,30)(H,28,29). The Balaban J connectivity index is 1.55. The third-order valence-electron chi connectivity index (χ3n) is 7.39. The number of benzene rings is 1. The molecule has 3 N–H and O–H groups in total. The Labute approximate surface area is 180 Å². The first kappa shape index (κ1) is 21.7. The largest absolute Gasteiger partial charge is 0.369 e. The minimum absolute atomic E-state index is 0.0198. The first-order valence-corrected chi connectivity index (χ1v) is 10.8. The molecule has 5 rings (SSSR count). The second-order valence-electron chi connectivity index (χ2n) is 9.83. The summed E-state index contributed by atoms with van der Waals surface area (Å²) in [7, 11) is 0. The SMILES string of the molecule is CC(C)(OCc1cccc(F)c1F)C(=NC1C2CC3CC1CC(C(N)=O)(C3)C2)NC#N. The van der Waals surface area contributed by atoms with Gasteiger partial charge in [0, 0.05) is 11.0 Å². The first-order chi connectivity index (χ1) is 14.6. The van der Waals surface area contributed by atoms with E-state index in [-0.39, 0.29) is 36.0 Å². The maximum atomic E-state index is 14.0. The van der Waals surface area contributed by atoms with Gasteiger partial charge in [-0.1, -0.05) is 12.1 Å². The van der Waals surface area contributed by atoms with E-state index in [1.54, 1.807) is 13.8 Å². The zero-order valence-electron chi connectivity index (χ0n) is 17.8. The van der Waals surface area contributed by atoms with Crippen molar-refractivity contribution in [3.8, 4) is 6.19 Å². The van der Waals surface area contributed by atoms with Crippen LogP contribution in [-0.4, -0.2) is 23.4 Å². The Morgan fingerprint density at radius 1 is 1.32 bits per heavy atom. The lowest BCUT2D eigenvalue weighted by molar-refractivity contribution is -0.144. The van der Waals surface area contributed by atoms with Gasteiger partial charge in [-0.05, 0) is 69.8 Å². The topological polar surface area (TPSA) is 100 Å². The van der Waals surface area contributed by atoms with Crippen LogP contribution in [0.5, 0.6) is 0 Å². The first-order valence-electron chi connectivity index (χ1n) is 10.8. The summed E-state index contributed by atoms with van der Waals surface area (Å²) in [6.07, 6.45) is 6.29. The highest BCUT2D eigenvalue weighted by molar-refractivity contribution is 5.91. The minimum atomic E-state index is -1.02. The summed E-state index contributed by atoms with van der Waals surface area (Å²) >= 11 is 0. The summed E-state index contributed by atoms with van der Waals surface area (Å²) in [5.41, 5.74) is 4.43. The number of carbonyl (C=O) groups is 1. The molecule has 31 heavy (non-hydrogen) atoms. The fourth-order valence-electron chi connectivity index (χ4n) is 6.04. The number of amidine groups is 1. The average molecular weight is 430 g/mol. The van der Waals surface area contributed by atoms with Gasteiger partial charge in [-0.3, -0.25) is 15.1 Å². The minimum Gasteiger partial charge on any atom is -0.369 e. The molecule has 0 radical (unpaired) electrons. The van der Waals surface area contributed by atoms with Crippen LogP contribution in [0.2, 0.25) is 0 Å². The van der Waals surface area contributed by atoms with Gasteiger partial charge < -0.3 is 10.5 Å². The van der Waals surface area contributed by atoms with Crippen LogP contribution in [0.15, 0.2) is 23.2 Å². The fourth-order valence-corrected chi connectivity index (χ4v) is 6.04. The van der Waals surface area contributed by atoms with Gasteiger partial charge in [0.25, 0.3) is 0 Å². The van der Waals surface area contributed by atoms with Crippen LogP contribution in [-0.2, 0) is 16.1 Å². The molecule has 8 heteroatoms. The molecule has 0 spiro atoms. The van der Waals surface area contributed by atoms with Gasteiger partial charge in [0.05, 0.1) is 12.6 Å². The third kappa shape index (κ3) is 3.91. The number of primary amides is 1. The molecular formula is C23H28F2N4O2. The van der Waals surface area contributed by atoms with Crippen LogP contribution in [0.3, 0.4) is 0 Å². The highest BCUT2D eigenvalue weighted by atomic mass is 19.2. The summed E-state index contributed by atoms with van der Waals surface area (Å²) < 4.78 is 33.4. The summed E-state index contributed by atoms with van der Waals surface area (Å²) in [5, 5.41) is 11.9. The lowest BCUT2D eigenvalue weighted by atomic mass is 9.48.